The molecule has 0 saturated carbocycles. The van der Waals surface area contributed by atoms with Crippen LogP contribution in [0, 0.1) is 12.7 Å². The Hall–Kier alpha value is -3.61. The van der Waals surface area contributed by atoms with Crippen molar-refractivity contribution in [3.63, 3.8) is 0 Å². The molecule has 1 atom stereocenters. The predicted octanol–water partition coefficient (Wildman–Crippen LogP) is 7.51. The second kappa shape index (κ2) is 11.2. The number of aryl methyl sites for hydroxylation is 1. The summed E-state index contributed by atoms with van der Waals surface area (Å²) in [5.41, 5.74) is 3.40. The van der Waals surface area contributed by atoms with E-state index in [1.54, 1.807) is 12.1 Å². The highest BCUT2D eigenvalue weighted by Crippen LogP contribution is 2.37. The summed E-state index contributed by atoms with van der Waals surface area (Å²) in [5, 5.41) is 5.08. The Balaban J connectivity index is 1.54. The molecule has 1 unspecified atom stereocenters. The van der Waals surface area contributed by atoms with Gasteiger partial charge in [-0.25, -0.2) is 4.39 Å². The first-order valence-electron chi connectivity index (χ1n) is 10.8. The molecular weight excluding hydrogens is 483 g/mol. The number of nitrogens with one attached hydrogen (secondary N) is 2. The average Bonchev–Trinajstić information content (AvgIpc) is 2.85. The van der Waals surface area contributed by atoms with Gasteiger partial charge in [0.2, 0.25) is 5.91 Å². The summed E-state index contributed by atoms with van der Waals surface area (Å²) in [7, 11) is 0. The van der Waals surface area contributed by atoms with Crippen LogP contribution in [0.2, 0.25) is 5.02 Å². The molecule has 0 aliphatic carbocycles. The smallest absolute Gasteiger partial charge is 0.255 e. The number of carbonyl (C=O) groups is 2. The van der Waals surface area contributed by atoms with Crippen molar-refractivity contribution in [3.8, 4) is 0 Å². The maximum Gasteiger partial charge on any atom is 0.255 e. The summed E-state index contributed by atoms with van der Waals surface area (Å²) in [6.07, 6.45) is 0. The molecule has 35 heavy (non-hydrogen) atoms. The first kappa shape index (κ1) is 24.5. The van der Waals surface area contributed by atoms with E-state index < -0.39 is 11.1 Å². The van der Waals surface area contributed by atoms with Crippen molar-refractivity contribution in [3.05, 3.63) is 125 Å². The van der Waals surface area contributed by atoms with Crippen LogP contribution in [0.5, 0.6) is 0 Å². The molecule has 176 valence electrons. The van der Waals surface area contributed by atoms with E-state index in [9.17, 15) is 14.0 Å². The lowest BCUT2D eigenvalue weighted by Crippen LogP contribution is -2.19. The van der Waals surface area contributed by atoms with Crippen molar-refractivity contribution in [1.82, 2.24) is 0 Å². The number of benzene rings is 4. The molecule has 0 radical (unpaired) electrons. The number of thioether (sulfide) groups is 1. The third-order valence-electron chi connectivity index (χ3n) is 5.15. The zero-order valence-corrected chi connectivity index (χ0v) is 20.4. The molecule has 0 spiro atoms. The Morgan fingerprint density at radius 3 is 2.31 bits per heavy atom. The molecule has 0 fully saturated rings. The van der Waals surface area contributed by atoms with E-state index in [-0.39, 0.29) is 16.8 Å². The minimum absolute atomic E-state index is 0.0660. The highest BCUT2D eigenvalue weighted by atomic mass is 35.5. The number of halogens is 2. The number of hydrogen-bond donors (Lipinski definition) is 2. The second-order valence-electron chi connectivity index (χ2n) is 7.88. The van der Waals surface area contributed by atoms with Crippen molar-refractivity contribution in [2.75, 3.05) is 10.6 Å². The summed E-state index contributed by atoms with van der Waals surface area (Å²) in [6.45, 7) is 1.93. The van der Waals surface area contributed by atoms with Gasteiger partial charge in [-0.2, -0.15) is 0 Å². The normalized spacial score (nSPS) is 11.5. The number of hydrogen-bond acceptors (Lipinski definition) is 3. The van der Waals surface area contributed by atoms with Crippen molar-refractivity contribution in [2.45, 2.75) is 17.1 Å². The molecule has 2 N–H and O–H groups in total. The fourth-order valence-corrected chi connectivity index (χ4v) is 4.72. The van der Waals surface area contributed by atoms with Gasteiger partial charge < -0.3 is 10.6 Å². The van der Waals surface area contributed by atoms with E-state index in [4.69, 9.17) is 11.6 Å². The molecule has 0 aliphatic rings. The SMILES string of the molecule is Cc1cccc(C(=O)Nc2cccc(SC(C(=O)Nc3ccc(F)c(Cl)c3)c3ccccc3)c2)c1. The van der Waals surface area contributed by atoms with Crippen molar-refractivity contribution < 1.29 is 14.0 Å². The van der Waals surface area contributed by atoms with E-state index in [1.807, 2.05) is 73.7 Å². The number of rotatable bonds is 7. The van der Waals surface area contributed by atoms with Crippen LogP contribution in [-0.2, 0) is 4.79 Å². The first-order valence-corrected chi connectivity index (χ1v) is 12.1. The zero-order valence-electron chi connectivity index (χ0n) is 18.8. The molecule has 0 bridgehead atoms. The molecule has 4 nitrogen and oxygen atoms in total. The summed E-state index contributed by atoms with van der Waals surface area (Å²) in [6, 6.07) is 28.1. The van der Waals surface area contributed by atoms with Crippen LogP contribution >= 0.6 is 23.4 Å². The Bertz CT molecular complexity index is 1360. The van der Waals surface area contributed by atoms with Crippen LogP contribution in [-0.4, -0.2) is 11.8 Å². The van der Waals surface area contributed by atoms with Crippen molar-refractivity contribution >= 4 is 46.6 Å². The zero-order chi connectivity index (χ0) is 24.8. The van der Waals surface area contributed by atoms with Gasteiger partial charge in [0.1, 0.15) is 11.1 Å². The fourth-order valence-electron chi connectivity index (χ4n) is 3.46. The summed E-state index contributed by atoms with van der Waals surface area (Å²) >= 11 is 7.22. The molecule has 0 aliphatic heterocycles. The van der Waals surface area contributed by atoms with Gasteiger partial charge in [0.05, 0.1) is 5.02 Å². The van der Waals surface area contributed by atoms with E-state index in [2.05, 4.69) is 10.6 Å². The molecule has 0 heterocycles. The van der Waals surface area contributed by atoms with Crippen LogP contribution in [0.25, 0.3) is 0 Å². The molecule has 4 aromatic carbocycles. The molecular formula is C28H22ClFN2O2S. The maximum absolute atomic E-state index is 13.5. The Kier molecular flexibility index (Phi) is 7.85. The maximum atomic E-state index is 13.5. The summed E-state index contributed by atoms with van der Waals surface area (Å²) < 4.78 is 13.5. The van der Waals surface area contributed by atoms with Gasteiger partial charge in [0.15, 0.2) is 0 Å². The molecule has 2 amide bonds. The topological polar surface area (TPSA) is 58.2 Å². The molecule has 4 rings (SSSR count). The Morgan fingerprint density at radius 2 is 1.57 bits per heavy atom. The Morgan fingerprint density at radius 1 is 0.829 bits per heavy atom. The average molecular weight is 505 g/mol. The number of carbonyl (C=O) groups excluding carboxylic acids is 2. The van der Waals surface area contributed by atoms with Gasteiger partial charge in [-0.05, 0) is 61.0 Å². The third-order valence-corrected chi connectivity index (χ3v) is 6.69. The minimum Gasteiger partial charge on any atom is -0.325 e. The van der Waals surface area contributed by atoms with Gasteiger partial charge in [-0.15, -0.1) is 11.8 Å². The highest BCUT2D eigenvalue weighted by Gasteiger charge is 2.23. The minimum atomic E-state index is -0.595. The van der Waals surface area contributed by atoms with Crippen molar-refractivity contribution in [1.29, 1.82) is 0 Å². The quantitative estimate of drug-likeness (QED) is 0.256. The van der Waals surface area contributed by atoms with Crippen LogP contribution in [0.3, 0.4) is 0 Å². The molecule has 0 saturated heterocycles. The fraction of sp³-hybridized carbons (Fsp3) is 0.0714. The van der Waals surface area contributed by atoms with Crippen LogP contribution in [0.4, 0.5) is 15.8 Å². The van der Waals surface area contributed by atoms with Gasteiger partial charge in [-0.3, -0.25) is 9.59 Å². The largest absolute Gasteiger partial charge is 0.325 e. The van der Waals surface area contributed by atoms with Crippen LogP contribution < -0.4 is 10.6 Å². The third kappa shape index (κ3) is 6.50. The van der Waals surface area contributed by atoms with Crippen molar-refractivity contribution in [2.24, 2.45) is 0 Å². The Labute approximate surface area is 212 Å². The van der Waals surface area contributed by atoms with E-state index in [1.165, 1.54) is 30.0 Å². The van der Waals surface area contributed by atoms with E-state index in [0.29, 0.717) is 16.9 Å². The first-order chi connectivity index (χ1) is 16.9. The lowest BCUT2D eigenvalue weighted by Gasteiger charge is -2.18. The van der Waals surface area contributed by atoms with Gasteiger partial charge in [0.25, 0.3) is 5.91 Å². The molecule has 4 aromatic rings. The standard InChI is InChI=1S/C28H22ClFN2O2S/c1-18-7-5-10-20(15-18)27(33)31-21-11-6-12-23(16-21)35-26(19-8-3-2-4-9-19)28(34)32-22-13-14-25(30)24(29)17-22/h2-17,26H,1H3,(H,31,33)(H,32,34). The monoisotopic (exact) mass is 504 g/mol. The van der Waals surface area contributed by atoms with E-state index in [0.717, 1.165) is 16.0 Å². The lowest BCUT2D eigenvalue weighted by atomic mass is 10.1. The lowest BCUT2D eigenvalue weighted by molar-refractivity contribution is -0.115. The van der Waals surface area contributed by atoms with E-state index >= 15 is 0 Å². The molecule has 0 aromatic heterocycles. The number of anilines is 2. The second-order valence-corrected chi connectivity index (χ2v) is 9.46. The number of amides is 2. The highest BCUT2D eigenvalue weighted by molar-refractivity contribution is 8.00. The molecule has 7 heteroatoms. The summed E-state index contributed by atoms with van der Waals surface area (Å²) in [4.78, 5) is 26.7. The predicted molar refractivity (Wildman–Crippen MR) is 141 cm³/mol. The van der Waals surface area contributed by atoms with Crippen LogP contribution in [0.1, 0.15) is 26.7 Å². The van der Waals surface area contributed by atoms with Gasteiger partial charge in [-0.1, -0.05) is 65.7 Å². The van der Waals surface area contributed by atoms with Gasteiger partial charge in [0, 0.05) is 21.8 Å². The van der Waals surface area contributed by atoms with Gasteiger partial charge >= 0.3 is 0 Å². The summed E-state index contributed by atoms with van der Waals surface area (Å²) in [5.74, 6) is -1.04. The van der Waals surface area contributed by atoms with Crippen LogP contribution in [0.15, 0.2) is 102 Å².